The number of methoxy groups -OCH3 is 2. The van der Waals surface area contributed by atoms with Gasteiger partial charge in [-0.25, -0.2) is 0 Å². The Balaban J connectivity index is 1.91. The first-order valence-electron chi connectivity index (χ1n) is 9.78. The lowest BCUT2D eigenvalue weighted by Gasteiger charge is -2.41. The molecule has 2 atom stereocenters. The molecule has 0 N–H and O–H groups in total. The minimum atomic E-state index is -0.533. The minimum absolute atomic E-state index is 0.0316. The summed E-state index contributed by atoms with van der Waals surface area (Å²) in [6, 6.07) is 6.76. The lowest BCUT2D eigenvalue weighted by molar-refractivity contribution is -0.133. The molecule has 2 aliphatic rings. The summed E-state index contributed by atoms with van der Waals surface area (Å²) in [5.74, 6) is 0.326. The van der Waals surface area contributed by atoms with Crippen molar-refractivity contribution < 1.29 is 19.1 Å². The molecule has 152 valence electrons. The van der Waals surface area contributed by atoms with Gasteiger partial charge in [-0.15, -0.1) is 0 Å². The molecule has 0 radical (unpaired) electrons. The average Bonchev–Trinajstić information content (AvgIpc) is 3.30. The molecule has 0 aliphatic carbocycles. The number of fused-ring (bicyclic) bond motifs is 1. The number of rotatable bonds is 4. The molecule has 1 aromatic heterocycles. The maximum Gasteiger partial charge on any atom is 0.254 e. The van der Waals surface area contributed by atoms with Crippen molar-refractivity contribution in [3.05, 3.63) is 53.3 Å². The summed E-state index contributed by atoms with van der Waals surface area (Å²) in [5.41, 5.74) is 1.99. The van der Waals surface area contributed by atoms with E-state index < -0.39 is 12.0 Å². The van der Waals surface area contributed by atoms with Crippen LogP contribution in [0, 0.1) is 0 Å². The van der Waals surface area contributed by atoms with Gasteiger partial charge in [-0.3, -0.25) is 14.6 Å². The van der Waals surface area contributed by atoms with Gasteiger partial charge in [0.15, 0.2) is 11.5 Å². The van der Waals surface area contributed by atoms with Crippen LogP contribution in [0.5, 0.6) is 11.5 Å². The molecule has 2 amide bonds. The first-order valence-corrected chi connectivity index (χ1v) is 9.78. The van der Waals surface area contributed by atoms with Crippen LogP contribution >= 0.6 is 0 Å². The molecule has 1 fully saturated rings. The Kier molecular flexibility index (Phi) is 5.13. The predicted octanol–water partition coefficient (Wildman–Crippen LogP) is 2.63. The number of likely N-dealkylation sites (tertiary alicyclic amines) is 1. The Morgan fingerprint density at radius 3 is 2.45 bits per heavy atom. The van der Waals surface area contributed by atoms with Crippen molar-refractivity contribution >= 4 is 11.8 Å². The van der Waals surface area contributed by atoms with Crippen molar-refractivity contribution in [2.75, 3.05) is 34.4 Å². The van der Waals surface area contributed by atoms with Crippen molar-refractivity contribution in [3.8, 4) is 11.5 Å². The molecular weight excluding hydrogens is 370 g/mol. The number of hydrogen-bond acceptors (Lipinski definition) is 5. The lowest BCUT2D eigenvalue weighted by atomic mass is 9.79. The maximum absolute atomic E-state index is 13.6. The minimum Gasteiger partial charge on any atom is -0.493 e. The Morgan fingerprint density at radius 2 is 1.83 bits per heavy atom. The first-order chi connectivity index (χ1) is 14.1. The van der Waals surface area contributed by atoms with Crippen LogP contribution in [0.15, 0.2) is 36.7 Å². The highest BCUT2D eigenvalue weighted by Gasteiger charge is 2.45. The molecule has 4 rings (SSSR count). The number of aromatic nitrogens is 1. The van der Waals surface area contributed by atoms with E-state index >= 15 is 0 Å². The van der Waals surface area contributed by atoms with Crippen LogP contribution in [0.1, 0.15) is 46.3 Å². The summed E-state index contributed by atoms with van der Waals surface area (Å²) >= 11 is 0. The summed E-state index contributed by atoms with van der Waals surface area (Å²) in [6.07, 6.45) is 5.42. The number of pyridine rings is 1. The van der Waals surface area contributed by atoms with E-state index in [-0.39, 0.29) is 11.8 Å². The smallest absolute Gasteiger partial charge is 0.254 e. The fourth-order valence-corrected chi connectivity index (χ4v) is 4.42. The molecule has 7 nitrogen and oxygen atoms in total. The summed E-state index contributed by atoms with van der Waals surface area (Å²) in [7, 11) is 4.83. The van der Waals surface area contributed by atoms with Gasteiger partial charge in [0.25, 0.3) is 5.91 Å². The summed E-state index contributed by atoms with van der Waals surface area (Å²) < 4.78 is 10.9. The fraction of sp³-hybridized carbons (Fsp3) is 0.409. The van der Waals surface area contributed by atoms with E-state index in [4.69, 9.17) is 9.47 Å². The standard InChI is InChI=1S/C22H25N3O4/c1-24-20(14-7-6-8-23-13-14)19(22(27)25-9-4-5-10-25)15-11-17(28-2)18(29-3)12-16(15)21(24)26/h6-8,11-13,19-20H,4-5,9-10H2,1-3H3. The SMILES string of the molecule is COc1cc2c(cc1OC)C(C(=O)N1CCCC1)C(c1cccnc1)N(C)C2=O. The third-order valence-corrected chi connectivity index (χ3v) is 5.88. The highest BCUT2D eigenvalue weighted by Crippen LogP contribution is 2.46. The van der Waals surface area contributed by atoms with E-state index in [1.807, 2.05) is 17.0 Å². The number of likely N-dealkylation sites (N-methyl/N-ethyl adjacent to an activating group) is 1. The normalized spacial score (nSPS) is 21.1. The number of carbonyl (C=O) groups excluding carboxylic acids is 2. The van der Waals surface area contributed by atoms with Gasteiger partial charge in [0.05, 0.1) is 26.2 Å². The van der Waals surface area contributed by atoms with Crippen LogP contribution in [0.4, 0.5) is 0 Å². The monoisotopic (exact) mass is 395 g/mol. The van der Waals surface area contributed by atoms with Gasteiger partial charge in [-0.2, -0.15) is 0 Å². The first kappa shape index (κ1) is 19.2. The molecule has 2 unspecified atom stereocenters. The third-order valence-electron chi connectivity index (χ3n) is 5.88. The van der Waals surface area contributed by atoms with Crippen molar-refractivity contribution in [1.82, 2.24) is 14.8 Å². The molecule has 29 heavy (non-hydrogen) atoms. The highest BCUT2D eigenvalue weighted by atomic mass is 16.5. The van der Waals surface area contributed by atoms with Crippen LogP contribution in [-0.2, 0) is 4.79 Å². The molecule has 1 saturated heterocycles. The summed E-state index contributed by atoms with van der Waals surface area (Å²) in [6.45, 7) is 1.49. The quantitative estimate of drug-likeness (QED) is 0.796. The van der Waals surface area contributed by atoms with E-state index in [2.05, 4.69) is 4.98 Å². The van der Waals surface area contributed by atoms with Crippen LogP contribution in [0.25, 0.3) is 0 Å². The van der Waals surface area contributed by atoms with Gasteiger partial charge in [-0.05, 0) is 42.2 Å². The number of hydrogen-bond donors (Lipinski definition) is 0. The van der Waals surface area contributed by atoms with Crippen LogP contribution < -0.4 is 9.47 Å². The molecule has 1 aromatic carbocycles. The summed E-state index contributed by atoms with van der Waals surface area (Å²) in [4.78, 5) is 34.7. The van der Waals surface area contributed by atoms with Crippen molar-refractivity contribution in [2.45, 2.75) is 24.8 Å². The Labute approximate surface area is 170 Å². The Hall–Kier alpha value is -3.09. The van der Waals surface area contributed by atoms with Gasteiger partial charge in [-0.1, -0.05) is 6.07 Å². The molecule has 0 saturated carbocycles. The molecular formula is C22H25N3O4. The number of carbonyl (C=O) groups is 2. The van der Waals surface area contributed by atoms with E-state index in [9.17, 15) is 9.59 Å². The Morgan fingerprint density at radius 1 is 1.14 bits per heavy atom. The predicted molar refractivity (Wildman–Crippen MR) is 107 cm³/mol. The maximum atomic E-state index is 13.6. The molecule has 7 heteroatoms. The molecule has 0 spiro atoms. The molecule has 2 aromatic rings. The van der Waals surface area contributed by atoms with Crippen LogP contribution in [0.3, 0.4) is 0 Å². The lowest BCUT2D eigenvalue weighted by Crippen LogP contribution is -2.46. The van der Waals surface area contributed by atoms with Crippen molar-refractivity contribution in [2.24, 2.45) is 0 Å². The van der Waals surface area contributed by atoms with E-state index in [0.717, 1.165) is 31.5 Å². The molecule has 3 heterocycles. The molecule has 0 bridgehead atoms. The second-order valence-electron chi connectivity index (χ2n) is 7.45. The van der Waals surface area contributed by atoms with E-state index in [0.29, 0.717) is 22.6 Å². The summed E-state index contributed by atoms with van der Waals surface area (Å²) in [5, 5.41) is 0. The number of ether oxygens (including phenoxy) is 2. The van der Waals surface area contributed by atoms with E-state index in [1.165, 1.54) is 7.11 Å². The van der Waals surface area contributed by atoms with Gasteiger partial charge in [0.2, 0.25) is 5.91 Å². The third kappa shape index (κ3) is 3.20. The van der Waals surface area contributed by atoms with Crippen LogP contribution in [0.2, 0.25) is 0 Å². The van der Waals surface area contributed by atoms with E-state index in [1.54, 1.807) is 43.6 Å². The fourth-order valence-electron chi connectivity index (χ4n) is 4.42. The molecule has 2 aliphatic heterocycles. The van der Waals surface area contributed by atoms with Crippen LogP contribution in [-0.4, -0.2) is 61.0 Å². The Bertz CT molecular complexity index is 925. The van der Waals surface area contributed by atoms with Gasteiger partial charge in [0.1, 0.15) is 0 Å². The van der Waals surface area contributed by atoms with Gasteiger partial charge < -0.3 is 19.3 Å². The highest BCUT2D eigenvalue weighted by molar-refractivity contribution is 6.02. The zero-order chi connectivity index (χ0) is 20.5. The zero-order valence-electron chi connectivity index (χ0n) is 16.9. The van der Waals surface area contributed by atoms with Gasteiger partial charge >= 0.3 is 0 Å². The average molecular weight is 395 g/mol. The number of amides is 2. The number of nitrogens with zero attached hydrogens (tertiary/aromatic N) is 3. The second kappa shape index (κ2) is 7.73. The largest absolute Gasteiger partial charge is 0.493 e. The number of benzene rings is 1. The second-order valence-corrected chi connectivity index (χ2v) is 7.45. The topological polar surface area (TPSA) is 72.0 Å². The zero-order valence-corrected chi connectivity index (χ0v) is 16.9. The van der Waals surface area contributed by atoms with Crippen molar-refractivity contribution in [3.63, 3.8) is 0 Å². The van der Waals surface area contributed by atoms with Gasteiger partial charge in [0, 0.05) is 38.1 Å². The van der Waals surface area contributed by atoms with Crippen molar-refractivity contribution in [1.29, 1.82) is 0 Å².